The van der Waals surface area contributed by atoms with E-state index < -0.39 is 11.9 Å². The number of carbonyl (C=O) groups excluding carboxylic acids is 1. The molecular formula is C20H25F2N5O4. The Morgan fingerprint density at radius 1 is 1.32 bits per heavy atom. The van der Waals surface area contributed by atoms with E-state index in [0.29, 0.717) is 43.3 Å². The zero-order chi connectivity index (χ0) is 22.0. The lowest BCUT2D eigenvalue weighted by Crippen LogP contribution is -2.39. The maximum Gasteiger partial charge on any atom is 0.359 e. The number of aryl methyl sites for hydroxylation is 1. The van der Waals surface area contributed by atoms with Crippen molar-refractivity contribution in [3.8, 4) is 11.8 Å². The number of aromatic nitrogens is 4. The average molecular weight is 437 g/mol. The van der Waals surface area contributed by atoms with Gasteiger partial charge in [0.05, 0.1) is 19.8 Å². The Balaban J connectivity index is 1.59. The van der Waals surface area contributed by atoms with Crippen molar-refractivity contribution in [1.29, 1.82) is 0 Å². The molecule has 1 aliphatic heterocycles. The van der Waals surface area contributed by atoms with Crippen molar-refractivity contribution < 1.29 is 27.8 Å². The number of nitrogens with zero attached hydrogens (tertiary/aromatic N) is 4. The van der Waals surface area contributed by atoms with Crippen molar-refractivity contribution in [2.24, 2.45) is 0 Å². The molecule has 0 aromatic carbocycles. The van der Waals surface area contributed by atoms with Crippen LogP contribution in [0.2, 0.25) is 0 Å². The van der Waals surface area contributed by atoms with Crippen LogP contribution in [0.4, 0.5) is 14.6 Å². The maximum absolute atomic E-state index is 13.5. The van der Waals surface area contributed by atoms with E-state index in [2.05, 4.69) is 20.4 Å². The molecule has 9 nitrogen and oxygen atoms in total. The molecule has 1 aliphatic carbocycles. The molecule has 0 amide bonds. The first-order valence-corrected chi connectivity index (χ1v) is 10.3. The molecule has 0 spiro atoms. The lowest BCUT2D eigenvalue weighted by atomic mass is 9.92. The van der Waals surface area contributed by atoms with E-state index in [9.17, 15) is 13.6 Å². The second-order valence-corrected chi connectivity index (χ2v) is 7.77. The van der Waals surface area contributed by atoms with Gasteiger partial charge in [0.15, 0.2) is 5.69 Å². The average Bonchev–Trinajstić information content (AvgIpc) is 3.08. The molecule has 31 heavy (non-hydrogen) atoms. The van der Waals surface area contributed by atoms with Gasteiger partial charge in [0.2, 0.25) is 11.8 Å². The van der Waals surface area contributed by atoms with Gasteiger partial charge in [-0.15, -0.1) is 0 Å². The number of anilines is 1. The third-order valence-corrected chi connectivity index (χ3v) is 5.23. The number of alkyl halides is 2. The Morgan fingerprint density at radius 3 is 2.71 bits per heavy atom. The summed E-state index contributed by atoms with van der Waals surface area (Å²) in [5.41, 5.74) is 0.790. The van der Waals surface area contributed by atoms with Gasteiger partial charge in [-0.05, 0) is 26.7 Å². The van der Waals surface area contributed by atoms with Crippen LogP contribution in [0.15, 0.2) is 12.3 Å². The first-order chi connectivity index (χ1) is 14.8. The van der Waals surface area contributed by atoms with E-state index in [1.807, 2.05) is 0 Å². The van der Waals surface area contributed by atoms with Gasteiger partial charge in [0.25, 0.3) is 5.95 Å². The number of rotatable bonds is 7. The highest BCUT2D eigenvalue weighted by Gasteiger charge is 2.35. The van der Waals surface area contributed by atoms with Gasteiger partial charge >= 0.3 is 5.97 Å². The second kappa shape index (κ2) is 8.74. The molecule has 2 aliphatic rings. The number of halogens is 2. The predicted molar refractivity (Wildman–Crippen MR) is 106 cm³/mol. The van der Waals surface area contributed by atoms with Gasteiger partial charge < -0.3 is 19.5 Å². The Bertz CT molecular complexity index is 938. The van der Waals surface area contributed by atoms with Gasteiger partial charge in [-0.3, -0.25) is 0 Å². The summed E-state index contributed by atoms with van der Waals surface area (Å²) < 4.78 is 44.3. The van der Waals surface area contributed by atoms with Crippen LogP contribution in [0, 0.1) is 6.92 Å². The van der Waals surface area contributed by atoms with Gasteiger partial charge in [-0.2, -0.15) is 15.1 Å². The summed E-state index contributed by atoms with van der Waals surface area (Å²) >= 11 is 0. The Labute approximate surface area is 178 Å². The molecule has 1 saturated carbocycles. The van der Waals surface area contributed by atoms with Crippen molar-refractivity contribution in [3.63, 3.8) is 0 Å². The minimum atomic E-state index is -2.61. The zero-order valence-corrected chi connectivity index (χ0v) is 17.4. The molecule has 1 saturated heterocycles. The summed E-state index contributed by atoms with van der Waals surface area (Å²) in [6, 6.07) is 1.51. The normalized spacial score (nSPS) is 19.0. The third kappa shape index (κ3) is 5.09. The highest BCUT2D eigenvalue weighted by molar-refractivity contribution is 5.88. The summed E-state index contributed by atoms with van der Waals surface area (Å²) in [7, 11) is 0. The Kier molecular flexibility index (Phi) is 6.03. The van der Waals surface area contributed by atoms with E-state index in [1.54, 1.807) is 26.1 Å². The van der Waals surface area contributed by atoms with Crippen LogP contribution in [0.3, 0.4) is 0 Å². The molecule has 3 heterocycles. The highest BCUT2D eigenvalue weighted by Crippen LogP contribution is 2.34. The third-order valence-electron chi connectivity index (χ3n) is 5.23. The molecule has 2 aromatic heterocycles. The second-order valence-electron chi connectivity index (χ2n) is 7.77. The smallest absolute Gasteiger partial charge is 0.359 e. The van der Waals surface area contributed by atoms with Gasteiger partial charge in [0.1, 0.15) is 11.9 Å². The summed E-state index contributed by atoms with van der Waals surface area (Å²) in [5, 5.41) is 7.48. The first kappa shape index (κ1) is 21.4. The molecular weight excluding hydrogens is 412 g/mol. The molecule has 4 rings (SSSR count). The van der Waals surface area contributed by atoms with Crippen LogP contribution >= 0.6 is 0 Å². The van der Waals surface area contributed by atoms with E-state index in [0.717, 1.165) is 0 Å². The summed E-state index contributed by atoms with van der Waals surface area (Å²) in [6.45, 7) is 4.63. The number of esters is 1. The van der Waals surface area contributed by atoms with E-state index in [4.69, 9.17) is 14.2 Å². The van der Waals surface area contributed by atoms with Crippen molar-refractivity contribution in [2.75, 3.05) is 25.1 Å². The minimum Gasteiger partial charge on any atom is -0.469 e. The summed E-state index contributed by atoms with van der Waals surface area (Å²) in [6.07, 6.45) is 1.88. The van der Waals surface area contributed by atoms with Crippen LogP contribution in [0.1, 0.15) is 48.7 Å². The molecule has 0 unspecified atom stereocenters. The predicted octanol–water partition coefficient (Wildman–Crippen LogP) is 2.91. The standard InChI is InChI=1S/C20H25F2N5O4/c1-3-30-18(28)17-12(2)9-27(26-17)19-24-15(8-16(25-19)31-14-10-29-11-14)23-13-4-6-20(21,22)7-5-13/h8-9,13-14H,3-7,10-11H2,1-2H3,(H,23,24,25). The molecule has 1 N–H and O–H groups in total. The lowest BCUT2D eigenvalue weighted by Gasteiger charge is -2.29. The highest BCUT2D eigenvalue weighted by atomic mass is 19.3. The molecule has 0 atom stereocenters. The minimum absolute atomic E-state index is 0.113. The van der Waals surface area contributed by atoms with Crippen LogP contribution in [-0.2, 0) is 9.47 Å². The van der Waals surface area contributed by atoms with E-state index in [1.165, 1.54) is 4.68 Å². The fraction of sp³-hybridized carbons (Fsp3) is 0.600. The fourth-order valence-corrected chi connectivity index (χ4v) is 3.46. The fourth-order valence-electron chi connectivity index (χ4n) is 3.46. The number of hydrogen-bond donors (Lipinski definition) is 1. The van der Waals surface area contributed by atoms with Crippen molar-refractivity contribution in [1.82, 2.24) is 19.7 Å². The Hall–Kier alpha value is -2.82. The zero-order valence-electron chi connectivity index (χ0n) is 17.4. The SMILES string of the molecule is CCOC(=O)c1nn(-c2nc(NC3CCC(F)(F)CC3)cc(OC3COC3)n2)cc1C. The largest absolute Gasteiger partial charge is 0.469 e. The molecule has 0 radical (unpaired) electrons. The summed E-state index contributed by atoms with van der Waals surface area (Å²) in [4.78, 5) is 21.0. The van der Waals surface area contributed by atoms with Crippen LogP contribution in [0.25, 0.3) is 5.95 Å². The van der Waals surface area contributed by atoms with Crippen LogP contribution in [0.5, 0.6) is 5.88 Å². The number of nitrogens with one attached hydrogen (secondary N) is 1. The number of carbonyl (C=O) groups is 1. The van der Waals surface area contributed by atoms with Gasteiger partial charge in [-0.1, -0.05) is 0 Å². The van der Waals surface area contributed by atoms with E-state index >= 15 is 0 Å². The molecule has 2 fully saturated rings. The van der Waals surface area contributed by atoms with Crippen molar-refractivity contribution >= 4 is 11.8 Å². The van der Waals surface area contributed by atoms with Crippen LogP contribution in [-0.4, -0.2) is 63.6 Å². The van der Waals surface area contributed by atoms with Crippen molar-refractivity contribution in [2.45, 2.75) is 57.6 Å². The molecule has 2 aromatic rings. The van der Waals surface area contributed by atoms with Gasteiger partial charge in [-0.25, -0.2) is 18.3 Å². The quantitative estimate of drug-likeness (QED) is 0.660. The molecule has 0 bridgehead atoms. The summed E-state index contributed by atoms with van der Waals surface area (Å²) in [5.74, 6) is -2.18. The Morgan fingerprint density at radius 2 is 2.06 bits per heavy atom. The number of ether oxygens (including phenoxy) is 3. The van der Waals surface area contributed by atoms with Crippen molar-refractivity contribution in [3.05, 3.63) is 23.5 Å². The lowest BCUT2D eigenvalue weighted by molar-refractivity contribution is -0.0813. The van der Waals surface area contributed by atoms with E-state index in [-0.39, 0.29) is 43.2 Å². The van der Waals surface area contributed by atoms with Gasteiger partial charge in [0, 0.05) is 36.7 Å². The molecule has 11 heteroatoms. The van der Waals surface area contributed by atoms with Crippen LogP contribution < -0.4 is 10.1 Å². The number of hydrogen-bond acceptors (Lipinski definition) is 8. The molecule has 168 valence electrons. The maximum atomic E-state index is 13.5. The monoisotopic (exact) mass is 437 g/mol. The first-order valence-electron chi connectivity index (χ1n) is 10.3. The topological polar surface area (TPSA) is 100 Å².